The van der Waals surface area contributed by atoms with Gasteiger partial charge in [0.25, 0.3) is 0 Å². The topological polar surface area (TPSA) is 46.0 Å². The van der Waals surface area contributed by atoms with Crippen molar-refractivity contribution in [1.29, 1.82) is 0 Å². The van der Waals surface area contributed by atoms with E-state index in [9.17, 15) is 0 Å². The highest BCUT2D eigenvalue weighted by Crippen LogP contribution is 2.42. The number of benzene rings is 1. The Bertz CT molecular complexity index is 1190. The molecule has 1 aromatic carbocycles. The van der Waals surface area contributed by atoms with Gasteiger partial charge in [0.2, 0.25) is 0 Å². The number of nitrogens with one attached hydrogen (secondary N) is 1. The Balaban J connectivity index is 1.68. The molecular weight excluding hydrogens is 394 g/mol. The van der Waals surface area contributed by atoms with Crippen molar-refractivity contribution in [3.8, 4) is 22.4 Å². The number of hydrogen-bond donors (Lipinski definition) is 1. The summed E-state index contributed by atoms with van der Waals surface area (Å²) in [5.41, 5.74) is 7.48. The summed E-state index contributed by atoms with van der Waals surface area (Å²) >= 11 is 6.66. The molecule has 1 N–H and O–H groups in total. The minimum absolute atomic E-state index is 0.704. The molecule has 0 amide bonds. The van der Waals surface area contributed by atoms with Crippen molar-refractivity contribution in [3.63, 3.8) is 0 Å². The lowest BCUT2D eigenvalue weighted by atomic mass is 9.99. The van der Waals surface area contributed by atoms with Crippen LogP contribution >= 0.6 is 11.6 Å². The number of nitrogens with zero attached hydrogens (tertiary/aromatic N) is 4. The highest BCUT2D eigenvalue weighted by atomic mass is 35.5. The summed E-state index contributed by atoms with van der Waals surface area (Å²) in [5, 5.41) is 5.08. The van der Waals surface area contributed by atoms with Gasteiger partial charge in [-0.1, -0.05) is 29.8 Å². The number of anilines is 1. The van der Waals surface area contributed by atoms with E-state index in [1.54, 1.807) is 6.20 Å². The van der Waals surface area contributed by atoms with Gasteiger partial charge < -0.3 is 14.8 Å². The molecule has 4 aromatic rings. The van der Waals surface area contributed by atoms with Crippen LogP contribution in [0.25, 0.3) is 33.4 Å². The zero-order valence-electron chi connectivity index (χ0n) is 17.2. The number of rotatable bonds is 3. The molecule has 0 bridgehead atoms. The van der Waals surface area contributed by atoms with Crippen molar-refractivity contribution in [2.45, 2.75) is 6.92 Å². The summed E-state index contributed by atoms with van der Waals surface area (Å²) in [4.78, 5) is 11.6. The van der Waals surface area contributed by atoms with Crippen molar-refractivity contribution < 1.29 is 0 Å². The number of halogens is 1. The molecule has 0 spiro atoms. The van der Waals surface area contributed by atoms with Crippen molar-refractivity contribution in [2.75, 3.05) is 31.1 Å². The maximum Gasteiger partial charge on any atom is 0.142 e. The van der Waals surface area contributed by atoms with Crippen LogP contribution in [0.3, 0.4) is 0 Å². The fraction of sp³-hybridized carbons (Fsp3) is 0.250. The molecule has 4 heterocycles. The van der Waals surface area contributed by atoms with Gasteiger partial charge in [-0.2, -0.15) is 0 Å². The van der Waals surface area contributed by atoms with Gasteiger partial charge in [-0.25, -0.2) is 4.98 Å². The Hall–Kier alpha value is -2.89. The zero-order valence-corrected chi connectivity index (χ0v) is 17.9. The van der Waals surface area contributed by atoms with E-state index in [0.29, 0.717) is 5.02 Å². The Morgan fingerprint density at radius 3 is 2.37 bits per heavy atom. The van der Waals surface area contributed by atoms with Gasteiger partial charge in [0, 0.05) is 73.5 Å². The summed E-state index contributed by atoms with van der Waals surface area (Å²) < 4.78 is 2.14. The van der Waals surface area contributed by atoms with E-state index in [1.807, 2.05) is 25.3 Å². The number of fused-ring (bicyclic) bond motifs is 1. The van der Waals surface area contributed by atoms with Crippen molar-refractivity contribution >= 4 is 28.3 Å². The van der Waals surface area contributed by atoms with Crippen LogP contribution < -0.4 is 10.2 Å². The molecule has 5 rings (SSSR count). The van der Waals surface area contributed by atoms with Gasteiger partial charge in [-0.15, -0.1) is 0 Å². The number of hydrogen-bond acceptors (Lipinski definition) is 4. The first kappa shape index (κ1) is 19.1. The monoisotopic (exact) mass is 417 g/mol. The maximum absolute atomic E-state index is 6.66. The first-order valence-corrected chi connectivity index (χ1v) is 10.6. The first-order valence-electron chi connectivity index (χ1n) is 10.3. The summed E-state index contributed by atoms with van der Waals surface area (Å²) in [6, 6.07) is 14.8. The van der Waals surface area contributed by atoms with Crippen LogP contribution in [0.4, 0.5) is 5.69 Å². The van der Waals surface area contributed by atoms with Crippen molar-refractivity contribution in [2.24, 2.45) is 7.05 Å². The molecule has 1 aliphatic rings. The second kappa shape index (κ2) is 7.74. The summed E-state index contributed by atoms with van der Waals surface area (Å²) in [7, 11) is 2.05. The Labute approximate surface area is 181 Å². The molecule has 0 saturated carbocycles. The minimum Gasteiger partial charge on any atom is -0.369 e. The number of aryl methyl sites for hydroxylation is 2. The van der Waals surface area contributed by atoms with Gasteiger partial charge in [0.15, 0.2) is 0 Å². The molecule has 0 aliphatic carbocycles. The summed E-state index contributed by atoms with van der Waals surface area (Å²) in [5.74, 6) is 0. The number of pyridine rings is 2. The van der Waals surface area contributed by atoms with Crippen molar-refractivity contribution in [3.05, 3.63) is 65.6 Å². The third-order valence-corrected chi connectivity index (χ3v) is 6.16. The van der Waals surface area contributed by atoms with Gasteiger partial charge in [-0.05, 0) is 36.8 Å². The van der Waals surface area contributed by atoms with E-state index in [0.717, 1.165) is 65.3 Å². The smallest absolute Gasteiger partial charge is 0.142 e. The van der Waals surface area contributed by atoms with Gasteiger partial charge >= 0.3 is 0 Å². The molecule has 0 radical (unpaired) electrons. The SMILES string of the molecule is Cc1ccc(-c2c(-c3ccc(N4CCNCC4)cc3)n(C)c3nccc(Cl)c23)cn1. The largest absolute Gasteiger partial charge is 0.369 e. The lowest BCUT2D eigenvalue weighted by molar-refractivity contribution is 0.589. The average molecular weight is 418 g/mol. The summed E-state index contributed by atoms with van der Waals surface area (Å²) in [6.45, 7) is 6.12. The Morgan fingerprint density at radius 2 is 1.67 bits per heavy atom. The standard InChI is InChI=1S/C24H24ClN5/c1-16-3-4-18(15-28-16)21-22-20(25)9-10-27-24(22)29(2)23(21)17-5-7-19(8-6-17)30-13-11-26-12-14-30/h3-10,15,26H,11-14H2,1-2H3. The normalized spacial score (nSPS) is 14.4. The minimum atomic E-state index is 0.704. The molecule has 0 unspecified atom stereocenters. The van der Waals surface area contributed by atoms with Crippen LogP contribution in [0.2, 0.25) is 5.02 Å². The Morgan fingerprint density at radius 1 is 0.933 bits per heavy atom. The highest BCUT2D eigenvalue weighted by Gasteiger charge is 2.21. The lowest BCUT2D eigenvalue weighted by Gasteiger charge is -2.29. The second-order valence-corrected chi connectivity index (χ2v) is 8.15. The van der Waals surface area contributed by atoms with Gasteiger partial charge in [0.1, 0.15) is 5.65 Å². The van der Waals surface area contributed by atoms with Gasteiger partial charge in [-0.3, -0.25) is 4.98 Å². The molecule has 30 heavy (non-hydrogen) atoms. The quantitative estimate of drug-likeness (QED) is 0.526. The maximum atomic E-state index is 6.66. The predicted molar refractivity (Wildman–Crippen MR) is 124 cm³/mol. The highest BCUT2D eigenvalue weighted by molar-refractivity contribution is 6.37. The third-order valence-electron chi connectivity index (χ3n) is 5.84. The average Bonchev–Trinajstić information content (AvgIpc) is 3.09. The van der Waals surface area contributed by atoms with Crippen LogP contribution in [0, 0.1) is 6.92 Å². The molecular formula is C24H24ClN5. The van der Waals surface area contributed by atoms with E-state index >= 15 is 0 Å². The molecule has 0 atom stereocenters. The van der Waals surface area contributed by atoms with Crippen molar-refractivity contribution in [1.82, 2.24) is 19.9 Å². The molecule has 152 valence electrons. The molecule has 6 heteroatoms. The van der Waals surface area contributed by atoms with E-state index < -0.39 is 0 Å². The van der Waals surface area contributed by atoms with E-state index in [1.165, 1.54) is 5.69 Å². The van der Waals surface area contributed by atoms with Crippen LogP contribution in [0.1, 0.15) is 5.69 Å². The van der Waals surface area contributed by atoms with Crippen LogP contribution in [-0.4, -0.2) is 40.7 Å². The van der Waals surface area contributed by atoms with Crippen LogP contribution in [-0.2, 0) is 7.05 Å². The third kappa shape index (κ3) is 3.24. The fourth-order valence-electron chi connectivity index (χ4n) is 4.29. The first-order chi connectivity index (χ1) is 14.6. The van der Waals surface area contributed by atoms with E-state index in [2.05, 4.69) is 62.1 Å². The molecule has 1 aliphatic heterocycles. The zero-order chi connectivity index (χ0) is 20.7. The van der Waals surface area contributed by atoms with E-state index in [-0.39, 0.29) is 0 Å². The molecule has 3 aromatic heterocycles. The Kier molecular flexibility index (Phi) is 4.93. The number of aromatic nitrogens is 3. The second-order valence-electron chi connectivity index (χ2n) is 7.75. The van der Waals surface area contributed by atoms with Gasteiger partial charge in [0.05, 0.1) is 10.7 Å². The summed E-state index contributed by atoms with van der Waals surface area (Å²) in [6.07, 6.45) is 3.69. The molecule has 1 saturated heterocycles. The fourth-order valence-corrected chi connectivity index (χ4v) is 4.53. The predicted octanol–water partition coefficient (Wildman–Crippen LogP) is 4.67. The van der Waals surface area contributed by atoms with E-state index in [4.69, 9.17) is 11.6 Å². The van der Waals surface area contributed by atoms with Crippen LogP contribution in [0.15, 0.2) is 54.9 Å². The molecule has 1 fully saturated rings. The number of piperazine rings is 1. The molecule has 5 nitrogen and oxygen atoms in total. The lowest BCUT2D eigenvalue weighted by Crippen LogP contribution is -2.43. The van der Waals surface area contributed by atoms with Crippen LogP contribution in [0.5, 0.6) is 0 Å².